The molecule has 1 N–H and O–H groups in total. The fourth-order valence-corrected chi connectivity index (χ4v) is 5.89. The number of amides is 1. The third-order valence-electron chi connectivity index (χ3n) is 7.83. The van der Waals surface area contributed by atoms with Crippen LogP contribution in [-0.2, 0) is 16.0 Å². The zero-order chi connectivity index (χ0) is 29.4. The molecule has 5 rings (SSSR count). The standard InChI is InChI=1S/C29H32ClF3N2O6/c1-18-2-4-25(23(12-18)26(37)35-9-6-22(16-35)40-27(38)29(31,32)33)39-17-21(36)15-34-10-7-28(8-11-34)14-19-13-20(30)3-5-24(19)41-28/h2-5,12-13,21-22,36H,6-11,14-17H2,1H3/t21-,22-/m0/s1. The number of rotatable bonds is 7. The predicted molar refractivity (Wildman–Crippen MR) is 143 cm³/mol. The van der Waals surface area contributed by atoms with Gasteiger partial charge in [-0.25, -0.2) is 4.79 Å². The van der Waals surface area contributed by atoms with E-state index < -0.39 is 30.3 Å². The number of aliphatic hydroxyl groups excluding tert-OH is 1. The summed E-state index contributed by atoms with van der Waals surface area (Å²) < 4.78 is 54.3. The van der Waals surface area contributed by atoms with Crippen LogP contribution in [0.3, 0.4) is 0 Å². The second-order valence-electron chi connectivity index (χ2n) is 11.0. The Hall–Kier alpha value is -3.02. The fourth-order valence-electron chi connectivity index (χ4n) is 5.70. The number of piperidine rings is 1. The number of nitrogens with zero attached hydrogens (tertiary/aromatic N) is 2. The number of benzene rings is 2. The number of esters is 1. The molecule has 12 heteroatoms. The monoisotopic (exact) mass is 596 g/mol. The average Bonchev–Trinajstić information content (AvgIpc) is 3.52. The Balaban J connectivity index is 1.12. The number of halogens is 4. The molecule has 1 amide bonds. The zero-order valence-corrected chi connectivity index (χ0v) is 23.3. The quantitative estimate of drug-likeness (QED) is 0.480. The van der Waals surface area contributed by atoms with Crippen molar-refractivity contribution in [1.82, 2.24) is 9.80 Å². The summed E-state index contributed by atoms with van der Waals surface area (Å²) in [5.41, 5.74) is 1.90. The number of carbonyl (C=O) groups excluding carboxylic acids is 2. The topological polar surface area (TPSA) is 88.5 Å². The van der Waals surface area contributed by atoms with Crippen molar-refractivity contribution in [3.05, 3.63) is 58.1 Å². The molecular formula is C29H32ClF3N2O6. The molecule has 41 heavy (non-hydrogen) atoms. The molecule has 2 aromatic rings. The van der Waals surface area contributed by atoms with Gasteiger partial charge in [0.25, 0.3) is 5.91 Å². The molecule has 8 nitrogen and oxygen atoms in total. The normalized spacial score (nSPS) is 20.9. The van der Waals surface area contributed by atoms with Gasteiger partial charge in [-0.3, -0.25) is 4.79 Å². The molecule has 0 radical (unpaired) electrons. The van der Waals surface area contributed by atoms with Gasteiger partial charge in [0, 0.05) is 56.9 Å². The lowest BCUT2D eigenvalue weighted by molar-refractivity contribution is -0.204. The van der Waals surface area contributed by atoms with Gasteiger partial charge in [0.15, 0.2) is 0 Å². The molecule has 0 aromatic heterocycles. The Kier molecular flexibility index (Phi) is 8.41. The van der Waals surface area contributed by atoms with Crippen LogP contribution in [-0.4, -0.2) is 90.1 Å². The fraction of sp³-hybridized carbons (Fsp3) is 0.517. The smallest absolute Gasteiger partial charge is 0.490 e. The maximum atomic E-state index is 13.2. The van der Waals surface area contributed by atoms with Crippen molar-refractivity contribution in [2.24, 2.45) is 0 Å². The third-order valence-corrected chi connectivity index (χ3v) is 8.07. The van der Waals surface area contributed by atoms with E-state index in [4.69, 9.17) is 21.1 Å². The summed E-state index contributed by atoms with van der Waals surface area (Å²) in [5.74, 6) is -1.56. The third kappa shape index (κ3) is 6.90. The van der Waals surface area contributed by atoms with Crippen molar-refractivity contribution in [2.75, 3.05) is 39.3 Å². The van der Waals surface area contributed by atoms with Crippen LogP contribution in [0.1, 0.15) is 40.7 Å². The number of β-amino-alcohol motifs (C(OH)–C–C–N with tert-alkyl or cyclic N) is 1. The van der Waals surface area contributed by atoms with Crippen molar-refractivity contribution >= 4 is 23.5 Å². The van der Waals surface area contributed by atoms with E-state index in [2.05, 4.69) is 9.64 Å². The lowest BCUT2D eigenvalue weighted by atomic mass is 9.87. The molecule has 2 saturated heterocycles. The number of hydrogen-bond acceptors (Lipinski definition) is 7. The second-order valence-corrected chi connectivity index (χ2v) is 11.5. The van der Waals surface area contributed by atoms with Crippen molar-refractivity contribution in [1.29, 1.82) is 0 Å². The number of aryl methyl sites for hydroxylation is 1. The molecule has 3 aliphatic rings. The van der Waals surface area contributed by atoms with Gasteiger partial charge < -0.3 is 29.1 Å². The van der Waals surface area contributed by atoms with E-state index in [0.29, 0.717) is 11.6 Å². The van der Waals surface area contributed by atoms with Crippen LogP contribution in [0, 0.1) is 6.92 Å². The van der Waals surface area contributed by atoms with Crippen LogP contribution >= 0.6 is 11.6 Å². The van der Waals surface area contributed by atoms with E-state index in [1.807, 2.05) is 18.2 Å². The van der Waals surface area contributed by atoms with Crippen LogP contribution in [0.5, 0.6) is 11.5 Å². The van der Waals surface area contributed by atoms with Crippen LogP contribution in [0.25, 0.3) is 0 Å². The lowest BCUT2D eigenvalue weighted by Gasteiger charge is -2.39. The largest absolute Gasteiger partial charge is 0.490 e. The minimum atomic E-state index is -5.09. The first kappa shape index (κ1) is 29.5. The molecular weight excluding hydrogens is 565 g/mol. The molecule has 0 unspecified atom stereocenters. The second kappa shape index (κ2) is 11.7. The van der Waals surface area contributed by atoms with Gasteiger partial charge >= 0.3 is 12.1 Å². The Morgan fingerprint density at radius 1 is 1.17 bits per heavy atom. The molecule has 2 fully saturated rings. The molecule has 1 spiro atoms. The summed E-state index contributed by atoms with van der Waals surface area (Å²) in [4.78, 5) is 27.9. The first-order chi connectivity index (χ1) is 19.4. The summed E-state index contributed by atoms with van der Waals surface area (Å²) >= 11 is 6.13. The molecule has 222 valence electrons. The number of ether oxygens (including phenoxy) is 3. The number of alkyl halides is 3. The Bertz CT molecular complexity index is 1300. The summed E-state index contributed by atoms with van der Waals surface area (Å²) in [6.07, 6.45) is -4.37. The van der Waals surface area contributed by atoms with Gasteiger partial charge in [0.05, 0.1) is 12.1 Å². The Labute approximate surface area is 240 Å². The van der Waals surface area contributed by atoms with E-state index >= 15 is 0 Å². The Morgan fingerprint density at radius 2 is 1.93 bits per heavy atom. The molecule has 0 aliphatic carbocycles. The van der Waals surface area contributed by atoms with Crippen LogP contribution < -0.4 is 9.47 Å². The average molecular weight is 597 g/mol. The highest BCUT2D eigenvalue weighted by Crippen LogP contribution is 2.42. The SMILES string of the molecule is Cc1ccc(OC[C@@H](O)CN2CCC3(CC2)Cc2cc(Cl)ccc2O3)c(C(=O)N2CC[C@H](OC(=O)C(F)(F)F)C2)c1. The van der Waals surface area contributed by atoms with Gasteiger partial charge in [-0.1, -0.05) is 23.2 Å². The van der Waals surface area contributed by atoms with Gasteiger partial charge in [-0.2, -0.15) is 13.2 Å². The van der Waals surface area contributed by atoms with Crippen molar-refractivity contribution in [3.63, 3.8) is 0 Å². The van der Waals surface area contributed by atoms with Gasteiger partial charge in [-0.05, 0) is 42.8 Å². The number of likely N-dealkylation sites (tertiary alicyclic amines) is 2. The minimum absolute atomic E-state index is 0.0444. The number of aliphatic hydroxyl groups is 1. The molecule has 2 aromatic carbocycles. The van der Waals surface area contributed by atoms with E-state index in [1.54, 1.807) is 25.1 Å². The van der Waals surface area contributed by atoms with Gasteiger partial charge in [0.2, 0.25) is 0 Å². The summed E-state index contributed by atoms with van der Waals surface area (Å²) in [7, 11) is 0. The molecule has 0 bridgehead atoms. The number of hydrogen-bond donors (Lipinski definition) is 1. The molecule has 3 aliphatic heterocycles. The van der Waals surface area contributed by atoms with E-state index in [-0.39, 0.29) is 43.0 Å². The lowest BCUT2D eigenvalue weighted by Crippen LogP contribution is -2.49. The maximum Gasteiger partial charge on any atom is 0.490 e. The van der Waals surface area contributed by atoms with Crippen molar-refractivity contribution in [2.45, 2.75) is 56.6 Å². The first-order valence-corrected chi connectivity index (χ1v) is 14.0. The van der Waals surface area contributed by atoms with E-state index in [1.165, 1.54) is 4.90 Å². The molecule has 3 heterocycles. The molecule has 0 saturated carbocycles. The number of carbonyl (C=O) groups is 2. The predicted octanol–water partition coefficient (Wildman–Crippen LogP) is 4.18. The minimum Gasteiger partial charge on any atom is -0.490 e. The van der Waals surface area contributed by atoms with Crippen LogP contribution in [0.2, 0.25) is 5.02 Å². The highest BCUT2D eigenvalue weighted by atomic mass is 35.5. The van der Waals surface area contributed by atoms with E-state index in [0.717, 1.165) is 49.2 Å². The first-order valence-electron chi connectivity index (χ1n) is 13.6. The molecule has 2 atom stereocenters. The maximum absolute atomic E-state index is 13.2. The number of fused-ring (bicyclic) bond motifs is 1. The zero-order valence-electron chi connectivity index (χ0n) is 22.6. The summed E-state index contributed by atoms with van der Waals surface area (Å²) in [6.45, 7) is 3.65. The highest BCUT2D eigenvalue weighted by molar-refractivity contribution is 6.30. The summed E-state index contributed by atoms with van der Waals surface area (Å²) in [6, 6.07) is 10.7. The van der Waals surface area contributed by atoms with Gasteiger partial charge in [-0.15, -0.1) is 0 Å². The van der Waals surface area contributed by atoms with Gasteiger partial charge in [0.1, 0.15) is 35.9 Å². The van der Waals surface area contributed by atoms with Crippen molar-refractivity contribution < 1.29 is 42.1 Å². The van der Waals surface area contributed by atoms with Crippen LogP contribution in [0.4, 0.5) is 13.2 Å². The highest BCUT2D eigenvalue weighted by Gasteiger charge is 2.44. The Morgan fingerprint density at radius 3 is 2.66 bits per heavy atom. The summed E-state index contributed by atoms with van der Waals surface area (Å²) in [5, 5.41) is 11.4. The van der Waals surface area contributed by atoms with E-state index in [9.17, 15) is 27.9 Å². The van der Waals surface area contributed by atoms with Crippen LogP contribution in [0.15, 0.2) is 36.4 Å². The van der Waals surface area contributed by atoms with Crippen molar-refractivity contribution in [3.8, 4) is 11.5 Å².